The van der Waals surface area contributed by atoms with Crippen molar-refractivity contribution in [1.82, 2.24) is 4.90 Å². The molecule has 1 aliphatic carbocycles. The molecule has 4 bridgehead atoms. The Morgan fingerprint density at radius 1 is 0.827 bits per heavy atom. The lowest BCUT2D eigenvalue weighted by molar-refractivity contribution is -0.265. The number of piperidine rings is 1. The van der Waals surface area contributed by atoms with Crippen LogP contribution in [0.3, 0.4) is 0 Å². The van der Waals surface area contributed by atoms with Crippen molar-refractivity contribution in [2.75, 3.05) is 32.9 Å². The number of esters is 1. The highest BCUT2D eigenvalue weighted by Crippen LogP contribution is 2.43. The number of hydrogen-bond acceptors (Lipinski definition) is 15. The number of hydroxylamine groups is 1. The summed E-state index contributed by atoms with van der Waals surface area (Å²) in [6.45, 7) is 12.7. The van der Waals surface area contributed by atoms with E-state index in [1.807, 2.05) is 33.8 Å². The molecule has 3 N–H and O–H groups in total. The number of aliphatic hydroxyl groups excluding tert-OH is 2. The van der Waals surface area contributed by atoms with Crippen molar-refractivity contribution in [3.63, 3.8) is 0 Å². The minimum Gasteiger partial charge on any atom is -0.460 e. The van der Waals surface area contributed by atoms with Crippen molar-refractivity contribution in [1.29, 1.82) is 0 Å². The number of hydrogen-bond donors (Lipinski definition) is 3. The Morgan fingerprint density at radius 2 is 1.53 bits per heavy atom. The van der Waals surface area contributed by atoms with E-state index in [9.17, 15) is 39.3 Å². The summed E-state index contributed by atoms with van der Waals surface area (Å²) < 4.78 is 29.9. The number of rotatable bonds is 7. The van der Waals surface area contributed by atoms with Gasteiger partial charge in [-0.15, -0.1) is 0 Å². The third-order valence-electron chi connectivity index (χ3n) is 17.0. The molecule has 17 atom stereocenters. The first-order valence-corrected chi connectivity index (χ1v) is 28.0. The molecule has 75 heavy (non-hydrogen) atoms. The first kappa shape index (κ1) is 60.9. The number of ketones is 3. The van der Waals surface area contributed by atoms with Crippen LogP contribution in [0.1, 0.15) is 138 Å². The third kappa shape index (κ3) is 14.5. The van der Waals surface area contributed by atoms with E-state index in [1.165, 1.54) is 12.0 Å². The number of amides is 1. The maximum atomic E-state index is 14.5. The Morgan fingerprint density at radius 3 is 2.20 bits per heavy atom. The zero-order chi connectivity index (χ0) is 55.1. The Kier molecular flexibility index (Phi) is 22.0. The van der Waals surface area contributed by atoms with Crippen LogP contribution in [0.5, 0.6) is 0 Å². The van der Waals surface area contributed by atoms with E-state index in [0.29, 0.717) is 91.9 Å². The summed E-state index contributed by atoms with van der Waals surface area (Å²) in [7, 11) is 4.50. The van der Waals surface area contributed by atoms with Gasteiger partial charge in [-0.1, -0.05) is 76.0 Å². The number of allylic oxidation sites excluding steroid dienone is 1. The molecule has 5 heterocycles. The van der Waals surface area contributed by atoms with E-state index >= 15 is 0 Å². The molecule has 0 aromatic heterocycles. The monoisotopic (exact) mass is 1090 g/mol. The number of nitrogens with zero attached hydrogens (tertiary/aromatic N) is 2. The van der Waals surface area contributed by atoms with Gasteiger partial charge in [0.15, 0.2) is 5.78 Å². The topological polar surface area (TPSA) is 208 Å². The number of methoxy groups -OCH3 is 3. The number of Topliss-reactive ketones (excluding diaryl/α,β-unsaturated/α-hetero) is 3. The lowest BCUT2D eigenvalue weighted by Gasteiger charge is -2.44. The lowest BCUT2D eigenvalue weighted by atomic mass is 9.78. The number of carbonyl (C=O) groups excluding carboxylic acids is 5. The number of aliphatic hydroxyl groups is 3. The summed E-state index contributed by atoms with van der Waals surface area (Å²) in [5.74, 6) is -8.64. The quantitative estimate of drug-likeness (QED) is 0.133. The molecule has 0 radical (unpaired) electrons. The maximum Gasteiger partial charge on any atom is 0.329 e. The van der Waals surface area contributed by atoms with Gasteiger partial charge in [-0.25, -0.2) is 9.86 Å². The van der Waals surface area contributed by atoms with Crippen LogP contribution in [0.25, 0.3) is 0 Å². The van der Waals surface area contributed by atoms with E-state index < -0.39 is 90.0 Å². The molecule has 0 spiro atoms. The van der Waals surface area contributed by atoms with Gasteiger partial charge in [0.2, 0.25) is 5.79 Å². The van der Waals surface area contributed by atoms with Crippen molar-refractivity contribution in [3.8, 4) is 0 Å². The standard InChI is InChI=1S/C57H84Cl2N2O14/c1-31-24-35(5)51(64)53(72-10)52(65)36(6)25-32(2)46(63)30-48(33(3)26-38-18-22-45(62)49(28-38)71-9)73-56(68)44-16-11-12-23-60(44)55(67)54(66)57(69)37(7)17-19-39(74-57)29-47(70-8)34(4)27-40-20-21-43(31)61(75-40)50-41(58)14-13-15-42(50)59/h13-15,25,27,31-33,35,37-40,43-45,47-49,52-53,62,65,69H,11-12,16-24,26,28-30H2,1-10H3/b34-27+,36-25+/t31-,32+,33+,35+,37+,38-,39-,40?,43?,44-,45+,47-,48-,49+,52+,53-,57+/m0/s1. The van der Waals surface area contributed by atoms with Gasteiger partial charge in [-0.05, 0) is 132 Å². The second-order valence-corrected chi connectivity index (χ2v) is 23.3. The van der Waals surface area contributed by atoms with Crippen LogP contribution in [0, 0.1) is 35.5 Å². The van der Waals surface area contributed by atoms with E-state index in [2.05, 4.69) is 0 Å². The summed E-state index contributed by atoms with van der Waals surface area (Å²) >= 11 is 13.7. The molecule has 420 valence electrons. The largest absolute Gasteiger partial charge is 0.460 e. The molecule has 5 aliphatic heterocycles. The predicted octanol–water partition coefficient (Wildman–Crippen LogP) is 8.34. The summed E-state index contributed by atoms with van der Waals surface area (Å²) in [5.41, 5.74) is 1.64. The lowest BCUT2D eigenvalue weighted by Crippen LogP contribution is -2.61. The van der Waals surface area contributed by atoms with Crippen LogP contribution in [0.15, 0.2) is 41.5 Å². The molecule has 6 aliphatic rings. The molecular formula is C57H84Cl2N2O14. The summed E-state index contributed by atoms with van der Waals surface area (Å²) in [4.78, 5) is 80.0. The Labute approximate surface area is 454 Å². The molecule has 3 saturated heterocycles. The summed E-state index contributed by atoms with van der Waals surface area (Å²) in [6, 6.07) is 3.77. The molecule has 18 heteroatoms. The van der Waals surface area contributed by atoms with Gasteiger partial charge in [0, 0.05) is 58.5 Å². The third-order valence-corrected chi connectivity index (χ3v) is 17.6. The molecule has 2 unspecified atom stereocenters. The van der Waals surface area contributed by atoms with Gasteiger partial charge < -0.3 is 43.9 Å². The number of carbonyl (C=O) groups is 5. The molecule has 4 fully saturated rings. The Hall–Kier alpha value is -3.29. The van der Waals surface area contributed by atoms with Crippen LogP contribution >= 0.6 is 23.2 Å². The fourth-order valence-electron chi connectivity index (χ4n) is 12.2. The number of fused-ring (bicyclic) bond motifs is 17. The van der Waals surface area contributed by atoms with E-state index in [0.717, 1.165) is 5.57 Å². The van der Waals surface area contributed by atoms with Crippen LogP contribution < -0.4 is 5.06 Å². The highest BCUT2D eigenvalue weighted by molar-refractivity contribution is 6.39. The van der Waals surface area contributed by atoms with Gasteiger partial charge in [0.05, 0.1) is 40.5 Å². The minimum atomic E-state index is -2.49. The van der Waals surface area contributed by atoms with Crippen LogP contribution in [0.2, 0.25) is 10.0 Å². The smallest absolute Gasteiger partial charge is 0.329 e. The second kappa shape index (κ2) is 27.0. The molecule has 16 nitrogen and oxygen atoms in total. The number of ether oxygens (including phenoxy) is 5. The first-order valence-electron chi connectivity index (χ1n) is 27.3. The number of benzene rings is 1. The average molecular weight is 1090 g/mol. The molecule has 1 saturated carbocycles. The number of halogens is 2. The van der Waals surface area contributed by atoms with Crippen LogP contribution in [-0.4, -0.2) is 144 Å². The highest BCUT2D eigenvalue weighted by atomic mass is 35.5. The van der Waals surface area contributed by atoms with Crippen molar-refractivity contribution in [2.24, 2.45) is 35.5 Å². The highest BCUT2D eigenvalue weighted by Gasteiger charge is 2.53. The average Bonchev–Trinajstić information content (AvgIpc) is 3.38. The van der Waals surface area contributed by atoms with Gasteiger partial charge >= 0.3 is 5.97 Å². The first-order chi connectivity index (χ1) is 35.5. The fraction of sp³-hybridized carbons (Fsp3) is 0.737. The maximum absolute atomic E-state index is 14.5. The minimum absolute atomic E-state index is 0.0616. The molecular weight excluding hydrogens is 1010 g/mol. The van der Waals surface area contributed by atoms with Crippen molar-refractivity contribution >= 4 is 58.1 Å². The molecule has 7 rings (SSSR count). The van der Waals surface area contributed by atoms with Crippen molar-refractivity contribution in [2.45, 2.75) is 205 Å². The normalized spacial score (nSPS) is 38.8. The van der Waals surface area contributed by atoms with Crippen molar-refractivity contribution < 1.29 is 67.8 Å². The van der Waals surface area contributed by atoms with Crippen molar-refractivity contribution in [3.05, 3.63) is 51.5 Å². The van der Waals surface area contributed by atoms with E-state index in [1.54, 1.807) is 64.3 Å². The van der Waals surface area contributed by atoms with E-state index in [4.69, 9.17) is 51.7 Å². The number of para-hydroxylation sites is 1. The number of anilines is 1. The summed E-state index contributed by atoms with van der Waals surface area (Å²) in [6.07, 6.45) is 3.43. The Bertz CT molecular complexity index is 2210. The van der Waals surface area contributed by atoms with E-state index in [-0.39, 0.29) is 67.3 Å². The van der Waals surface area contributed by atoms with Crippen LogP contribution in [0.4, 0.5) is 5.69 Å². The fourth-order valence-corrected chi connectivity index (χ4v) is 12.8. The van der Waals surface area contributed by atoms with Crippen LogP contribution in [-0.2, 0) is 52.5 Å². The molecule has 1 aromatic rings. The van der Waals surface area contributed by atoms with Gasteiger partial charge in [-0.3, -0.25) is 24.0 Å². The zero-order valence-corrected chi connectivity index (χ0v) is 47.2. The Balaban J connectivity index is 1.36. The predicted molar refractivity (Wildman–Crippen MR) is 284 cm³/mol. The molecule has 1 aromatic carbocycles. The molecule has 1 amide bonds. The van der Waals surface area contributed by atoms with Gasteiger partial charge in [-0.2, -0.15) is 0 Å². The van der Waals surface area contributed by atoms with Gasteiger partial charge in [0.25, 0.3) is 11.7 Å². The van der Waals surface area contributed by atoms with Gasteiger partial charge in [0.1, 0.15) is 41.9 Å². The SMILES string of the molecule is CO[C@H]1C[C@@H]2CC[C@@H](C)[C@@](O)(O2)C(=O)C(=O)N2CCCC[C@H]2C(=O)O[C@H]([C@H](C)C[C@@H]2CC[C@@H](O)[C@H](OC)C2)CC(=O)[C@H](C)/C=C(\C)[C@@H](O)[C@@H](OC)C(=O)[C@H](C)C[C@H](C)C2CCC(/C=C/1C)ON2c1c(Cl)cccc1Cl. The zero-order valence-electron chi connectivity index (χ0n) is 45.7. The second-order valence-electron chi connectivity index (χ2n) is 22.5. The summed E-state index contributed by atoms with van der Waals surface area (Å²) in [5, 5.41) is 37.0.